The topological polar surface area (TPSA) is 41.6 Å². The van der Waals surface area contributed by atoms with Gasteiger partial charge in [-0.05, 0) is 30.4 Å². The Hall–Kier alpha value is -2.15. The minimum atomic E-state index is -0.287. The number of rotatable bonds is 4. The van der Waals surface area contributed by atoms with Crippen LogP contribution in [0.5, 0.6) is 0 Å². The third-order valence-electron chi connectivity index (χ3n) is 4.43. The van der Waals surface area contributed by atoms with E-state index >= 15 is 0 Å². The van der Waals surface area contributed by atoms with Gasteiger partial charge in [-0.2, -0.15) is 10.4 Å². The first-order chi connectivity index (χ1) is 10.8. The Labute approximate surface area is 130 Å². The molecule has 1 saturated carbocycles. The van der Waals surface area contributed by atoms with E-state index in [9.17, 15) is 4.39 Å². The van der Waals surface area contributed by atoms with Gasteiger partial charge >= 0.3 is 0 Å². The summed E-state index contributed by atoms with van der Waals surface area (Å²) in [6.45, 7) is 0.925. The molecule has 0 aliphatic heterocycles. The molecule has 0 N–H and O–H groups in total. The van der Waals surface area contributed by atoms with Crippen LogP contribution in [0.15, 0.2) is 30.6 Å². The number of nitriles is 1. The van der Waals surface area contributed by atoms with Crippen LogP contribution in [0.4, 0.5) is 4.39 Å². The summed E-state index contributed by atoms with van der Waals surface area (Å²) in [5.74, 6) is 0.411. The van der Waals surface area contributed by atoms with Crippen LogP contribution in [0.25, 0.3) is 11.1 Å². The van der Waals surface area contributed by atoms with Crippen molar-refractivity contribution in [2.75, 3.05) is 0 Å². The summed E-state index contributed by atoms with van der Waals surface area (Å²) in [6.07, 6.45) is 10.4. The number of aromatic nitrogens is 2. The van der Waals surface area contributed by atoms with Gasteiger partial charge in [0, 0.05) is 23.9 Å². The molecule has 2 aromatic rings. The molecule has 3 nitrogen and oxygen atoms in total. The number of hydrogen-bond donors (Lipinski definition) is 0. The molecule has 1 aromatic carbocycles. The van der Waals surface area contributed by atoms with Gasteiger partial charge in [-0.3, -0.25) is 4.68 Å². The SMILES string of the molecule is N#CCc1ccc(-c2cnn(CC3CCCCC3)c2)c(F)c1. The Morgan fingerprint density at radius 3 is 2.82 bits per heavy atom. The first-order valence-electron chi connectivity index (χ1n) is 7.94. The van der Waals surface area contributed by atoms with Gasteiger partial charge in [0.25, 0.3) is 0 Å². The van der Waals surface area contributed by atoms with Crippen LogP contribution in [-0.2, 0) is 13.0 Å². The average molecular weight is 297 g/mol. The van der Waals surface area contributed by atoms with Crippen LogP contribution in [0.2, 0.25) is 0 Å². The van der Waals surface area contributed by atoms with Crippen molar-refractivity contribution in [1.82, 2.24) is 9.78 Å². The van der Waals surface area contributed by atoms with Crippen LogP contribution >= 0.6 is 0 Å². The predicted octanol–water partition coefficient (Wildman–Crippen LogP) is 4.34. The molecule has 114 valence electrons. The lowest BCUT2D eigenvalue weighted by Gasteiger charge is -2.21. The van der Waals surface area contributed by atoms with Gasteiger partial charge in [-0.15, -0.1) is 0 Å². The summed E-state index contributed by atoms with van der Waals surface area (Å²) in [7, 11) is 0. The molecule has 1 heterocycles. The molecule has 1 aliphatic rings. The van der Waals surface area contributed by atoms with Crippen molar-refractivity contribution in [1.29, 1.82) is 5.26 Å². The van der Waals surface area contributed by atoms with Crippen molar-refractivity contribution in [2.45, 2.75) is 45.1 Å². The molecule has 0 unspecified atom stereocenters. The van der Waals surface area contributed by atoms with E-state index in [1.165, 1.54) is 38.2 Å². The molecule has 1 aromatic heterocycles. The van der Waals surface area contributed by atoms with Gasteiger partial charge in [-0.25, -0.2) is 4.39 Å². The van der Waals surface area contributed by atoms with E-state index in [2.05, 4.69) is 5.10 Å². The van der Waals surface area contributed by atoms with Crippen LogP contribution < -0.4 is 0 Å². The third kappa shape index (κ3) is 3.36. The van der Waals surface area contributed by atoms with Gasteiger partial charge in [0.15, 0.2) is 0 Å². The standard InChI is InChI=1S/C18H20FN3/c19-18-10-14(8-9-20)6-7-17(18)16-11-21-22(13-16)12-15-4-2-1-3-5-15/h6-7,10-11,13,15H,1-5,8,12H2. The molecule has 1 aliphatic carbocycles. The molecular weight excluding hydrogens is 277 g/mol. The summed E-state index contributed by atoms with van der Waals surface area (Å²) in [4.78, 5) is 0. The van der Waals surface area contributed by atoms with Crippen LogP contribution in [0.1, 0.15) is 37.7 Å². The van der Waals surface area contributed by atoms with Crippen LogP contribution in [0, 0.1) is 23.1 Å². The van der Waals surface area contributed by atoms with E-state index in [4.69, 9.17) is 5.26 Å². The van der Waals surface area contributed by atoms with Crippen LogP contribution in [-0.4, -0.2) is 9.78 Å². The van der Waals surface area contributed by atoms with Gasteiger partial charge < -0.3 is 0 Å². The second-order valence-electron chi connectivity index (χ2n) is 6.10. The lowest BCUT2D eigenvalue weighted by Crippen LogP contribution is -2.14. The molecule has 1 fully saturated rings. The Morgan fingerprint density at radius 2 is 2.09 bits per heavy atom. The fraction of sp³-hybridized carbons (Fsp3) is 0.444. The maximum Gasteiger partial charge on any atom is 0.131 e. The van der Waals surface area contributed by atoms with Crippen molar-refractivity contribution in [2.24, 2.45) is 5.92 Å². The zero-order chi connectivity index (χ0) is 15.4. The quantitative estimate of drug-likeness (QED) is 0.842. The molecule has 3 rings (SSSR count). The van der Waals surface area contributed by atoms with Crippen molar-refractivity contribution >= 4 is 0 Å². The van der Waals surface area contributed by atoms with Gasteiger partial charge in [0.1, 0.15) is 5.82 Å². The minimum absolute atomic E-state index is 0.234. The largest absolute Gasteiger partial charge is 0.272 e. The first-order valence-corrected chi connectivity index (χ1v) is 7.94. The molecule has 0 atom stereocenters. The number of hydrogen-bond acceptors (Lipinski definition) is 2. The molecule has 4 heteroatoms. The maximum atomic E-state index is 14.2. The third-order valence-corrected chi connectivity index (χ3v) is 4.43. The van der Waals surface area contributed by atoms with Crippen LogP contribution in [0.3, 0.4) is 0 Å². The molecule has 0 bridgehead atoms. The summed E-state index contributed by atoms with van der Waals surface area (Å²) in [5, 5.41) is 13.1. The highest BCUT2D eigenvalue weighted by Gasteiger charge is 2.15. The van der Waals surface area contributed by atoms with Gasteiger partial charge in [0.2, 0.25) is 0 Å². The molecule has 0 saturated heterocycles. The highest BCUT2D eigenvalue weighted by molar-refractivity contribution is 5.62. The second kappa shape index (κ2) is 6.74. The number of nitrogens with zero attached hydrogens (tertiary/aromatic N) is 3. The number of halogens is 1. The summed E-state index contributed by atoms with van der Waals surface area (Å²) in [5.41, 5.74) is 2.06. The monoisotopic (exact) mass is 297 g/mol. The Bertz CT molecular complexity index is 678. The molecular formula is C18H20FN3. The van der Waals surface area contributed by atoms with Crippen molar-refractivity contribution in [3.8, 4) is 17.2 Å². The van der Waals surface area contributed by atoms with E-state index in [-0.39, 0.29) is 12.2 Å². The fourth-order valence-corrected chi connectivity index (χ4v) is 3.23. The van der Waals surface area contributed by atoms with E-state index in [1.807, 2.05) is 16.9 Å². The summed E-state index contributed by atoms with van der Waals surface area (Å²) >= 11 is 0. The Balaban J connectivity index is 1.74. The molecule has 22 heavy (non-hydrogen) atoms. The maximum absolute atomic E-state index is 14.2. The first kappa shape index (κ1) is 14.8. The lowest BCUT2D eigenvalue weighted by molar-refractivity contribution is 0.308. The number of benzene rings is 1. The van der Waals surface area contributed by atoms with Crippen molar-refractivity contribution in [3.05, 3.63) is 42.0 Å². The van der Waals surface area contributed by atoms with Gasteiger partial charge in [0.05, 0.1) is 18.7 Å². The summed E-state index contributed by atoms with van der Waals surface area (Å²) in [6, 6.07) is 7.02. The van der Waals surface area contributed by atoms with E-state index in [0.717, 1.165) is 12.1 Å². The van der Waals surface area contributed by atoms with Gasteiger partial charge in [-0.1, -0.05) is 31.4 Å². The van der Waals surface area contributed by atoms with Crippen molar-refractivity contribution in [3.63, 3.8) is 0 Å². The highest BCUT2D eigenvalue weighted by Crippen LogP contribution is 2.27. The second-order valence-corrected chi connectivity index (χ2v) is 6.10. The average Bonchev–Trinajstić information content (AvgIpc) is 2.97. The summed E-state index contributed by atoms with van der Waals surface area (Å²) < 4.78 is 16.1. The lowest BCUT2D eigenvalue weighted by atomic mass is 9.89. The minimum Gasteiger partial charge on any atom is -0.272 e. The fourth-order valence-electron chi connectivity index (χ4n) is 3.23. The molecule has 0 amide bonds. The van der Waals surface area contributed by atoms with E-state index in [0.29, 0.717) is 17.0 Å². The smallest absolute Gasteiger partial charge is 0.131 e. The molecule has 0 spiro atoms. The van der Waals surface area contributed by atoms with E-state index < -0.39 is 0 Å². The zero-order valence-electron chi connectivity index (χ0n) is 12.6. The van der Waals surface area contributed by atoms with E-state index in [1.54, 1.807) is 18.3 Å². The Morgan fingerprint density at radius 1 is 1.27 bits per heavy atom. The Kier molecular flexibility index (Phi) is 4.53. The predicted molar refractivity (Wildman–Crippen MR) is 83.5 cm³/mol. The van der Waals surface area contributed by atoms with Crippen molar-refractivity contribution < 1.29 is 4.39 Å². The molecule has 0 radical (unpaired) electrons. The highest BCUT2D eigenvalue weighted by atomic mass is 19.1. The normalized spacial score (nSPS) is 15.6. The zero-order valence-corrected chi connectivity index (χ0v) is 12.6.